The monoisotopic (exact) mass is 237 g/mol. The predicted molar refractivity (Wildman–Crippen MR) is 54.4 cm³/mol. The second-order valence-electron chi connectivity index (χ2n) is 4.31. The first-order chi connectivity index (χ1) is 6.24. The number of hydrogen-bond acceptors (Lipinski definition) is 3. The van der Waals surface area contributed by atoms with Crippen molar-refractivity contribution in [2.45, 2.75) is 20.0 Å². The van der Waals surface area contributed by atoms with Crippen molar-refractivity contribution in [3.8, 4) is 0 Å². The molecule has 0 fully saturated rings. The molecule has 0 bridgehead atoms. The summed E-state index contributed by atoms with van der Waals surface area (Å²) < 4.78 is 5.43. The summed E-state index contributed by atoms with van der Waals surface area (Å²) in [6.07, 6.45) is -0.409. The fourth-order valence-electron chi connectivity index (χ4n) is 1.12. The summed E-state index contributed by atoms with van der Waals surface area (Å²) in [6, 6.07) is 0. The van der Waals surface area contributed by atoms with Crippen molar-refractivity contribution in [2.75, 3.05) is 27.4 Å². The molecule has 1 unspecified atom stereocenters. The molecule has 5 heteroatoms. The van der Waals surface area contributed by atoms with E-state index in [2.05, 4.69) is 6.58 Å². The summed E-state index contributed by atoms with van der Waals surface area (Å²) in [5.41, 5.74) is 0.391. The van der Waals surface area contributed by atoms with Gasteiger partial charge in [0.25, 0.3) is 0 Å². The zero-order valence-corrected chi connectivity index (χ0v) is 10.5. The first-order valence-corrected chi connectivity index (χ1v) is 4.57. The number of nitrogens with zero attached hydrogens (tertiary/aromatic N) is 1. The molecule has 0 aliphatic heterocycles. The Kier molecular flexibility index (Phi) is 7.66. The molecule has 0 spiro atoms. The lowest BCUT2D eigenvalue weighted by Gasteiger charge is -2.29. The molecular formula is C10H20ClNO3. The van der Waals surface area contributed by atoms with Crippen LogP contribution in [0.15, 0.2) is 12.2 Å². The van der Waals surface area contributed by atoms with Gasteiger partial charge in [0.1, 0.15) is 12.6 Å². The molecule has 90 valence electrons. The van der Waals surface area contributed by atoms with Gasteiger partial charge in [0.2, 0.25) is 6.73 Å². The van der Waals surface area contributed by atoms with Crippen LogP contribution in [0.5, 0.6) is 0 Å². The van der Waals surface area contributed by atoms with Crippen molar-refractivity contribution < 1.29 is 31.5 Å². The summed E-state index contributed by atoms with van der Waals surface area (Å²) in [7, 11) is 3.77. The largest absolute Gasteiger partial charge is 1.00 e. The molecule has 0 saturated carbocycles. The van der Waals surface area contributed by atoms with Gasteiger partial charge < -0.3 is 22.3 Å². The number of quaternary nitrogens is 1. The van der Waals surface area contributed by atoms with E-state index in [0.29, 0.717) is 16.6 Å². The Morgan fingerprint density at radius 1 is 1.53 bits per heavy atom. The third-order valence-corrected chi connectivity index (χ3v) is 1.65. The van der Waals surface area contributed by atoms with Crippen molar-refractivity contribution in [3.63, 3.8) is 0 Å². The summed E-state index contributed by atoms with van der Waals surface area (Å²) in [5, 5.41) is 9.19. The summed E-state index contributed by atoms with van der Waals surface area (Å²) in [4.78, 5) is 11.1. The fraction of sp³-hybridized carbons (Fsp3) is 0.700. The first kappa shape index (κ1) is 16.8. The van der Waals surface area contributed by atoms with E-state index in [1.165, 1.54) is 0 Å². The number of ether oxygens (including phenoxy) is 1. The van der Waals surface area contributed by atoms with Crippen molar-refractivity contribution in [2.24, 2.45) is 0 Å². The maximum absolute atomic E-state index is 11.1. The molecule has 4 nitrogen and oxygen atoms in total. The molecule has 15 heavy (non-hydrogen) atoms. The number of carbonyl (C=O) groups excluding carboxylic acids is 1. The minimum atomic E-state index is -0.409. The van der Waals surface area contributed by atoms with Gasteiger partial charge in [-0.05, 0) is 13.8 Å². The van der Waals surface area contributed by atoms with Crippen LogP contribution in [-0.4, -0.2) is 49.0 Å². The van der Waals surface area contributed by atoms with Gasteiger partial charge in [-0.1, -0.05) is 6.58 Å². The molecule has 0 radical (unpaired) electrons. The van der Waals surface area contributed by atoms with Gasteiger partial charge >= 0.3 is 5.97 Å². The lowest BCUT2D eigenvalue weighted by molar-refractivity contribution is -0.909. The normalized spacial score (nSPS) is 12.6. The molecule has 0 aromatic carbocycles. The van der Waals surface area contributed by atoms with Crippen molar-refractivity contribution >= 4 is 5.97 Å². The van der Waals surface area contributed by atoms with Gasteiger partial charge in [-0.25, -0.2) is 4.79 Å². The smallest absolute Gasteiger partial charge is 0.337 e. The minimum Gasteiger partial charge on any atom is -1.00 e. The number of carbonyl (C=O) groups is 1. The SMILES string of the molecule is C=C(C)C(=O)OC[N+](C)(C)CC(C)O.[Cl-]. The van der Waals surface area contributed by atoms with E-state index in [1.807, 2.05) is 14.1 Å². The third kappa shape index (κ3) is 8.42. The maximum atomic E-state index is 11.1. The zero-order chi connectivity index (χ0) is 11.4. The number of aliphatic hydroxyl groups excluding tert-OH is 1. The van der Waals surface area contributed by atoms with Crippen LogP contribution in [0.4, 0.5) is 0 Å². The predicted octanol–water partition coefficient (Wildman–Crippen LogP) is -2.48. The van der Waals surface area contributed by atoms with E-state index in [0.717, 1.165) is 0 Å². The Bertz CT molecular complexity index is 227. The molecule has 0 aliphatic carbocycles. The van der Waals surface area contributed by atoms with Crippen LogP contribution >= 0.6 is 0 Å². The van der Waals surface area contributed by atoms with E-state index in [-0.39, 0.29) is 25.1 Å². The quantitative estimate of drug-likeness (QED) is 0.249. The zero-order valence-electron chi connectivity index (χ0n) is 9.79. The molecule has 0 amide bonds. The maximum Gasteiger partial charge on any atom is 0.337 e. The molecule has 0 heterocycles. The Morgan fingerprint density at radius 3 is 2.33 bits per heavy atom. The van der Waals surface area contributed by atoms with E-state index in [4.69, 9.17) is 4.74 Å². The molecule has 0 aromatic heterocycles. The van der Waals surface area contributed by atoms with Crippen LogP contribution in [0, 0.1) is 0 Å². The van der Waals surface area contributed by atoms with Crippen LogP contribution in [0.1, 0.15) is 13.8 Å². The Morgan fingerprint density at radius 2 is 2.00 bits per heavy atom. The summed E-state index contributed by atoms with van der Waals surface area (Å²) in [5.74, 6) is -0.387. The van der Waals surface area contributed by atoms with Gasteiger partial charge in [0.15, 0.2) is 0 Å². The number of hydrogen-bond donors (Lipinski definition) is 1. The molecule has 0 aliphatic rings. The summed E-state index contributed by atoms with van der Waals surface area (Å²) >= 11 is 0. The lowest BCUT2D eigenvalue weighted by Crippen LogP contribution is -3.00. The van der Waals surface area contributed by atoms with Crippen molar-refractivity contribution in [1.82, 2.24) is 0 Å². The molecule has 0 aromatic rings. The van der Waals surface area contributed by atoms with E-state index in [9.17, 15) is 9.90 Å². The Hall–Kier alpha value is -0.580. The Labute approximate surface area is 97.5 Å². The van der Waals surface area contributed by atoms with Gasteiger partial charge in [0.05, 0.1) is 14.1 Å². The fourth-order valence-corrected chi connectivity index (χ4v) is 1.12. The highest BCUT2D eigenvalue weighted by atomic mass is 35.5. The topological polar surface area (TPSA) is 46.5 Å². The first-order valence-electron chi connectivity index (χ1n) is 4.57. The van der Waals surface area contributed by atoms with Gasteiger partial charge in [0, 0.05) is 5.57 Å². The van der Waals surface area contributed by atoms with Crippen molar-refractivity contribution in [3.05, 3.63) is 12.2 Å². The Balaban J connectivity index is 0. The average Bonchev–Trinajstić information content (AvgIpc) is 1.97. The minimum absolute atomic E-state index is 0. The molecule has 1 atom stereocenters. The van der Waals surface area contributed by atoms with Crippen LogP contribution in [0.2, 0.25) is 0 Å². The second-order valence-corrected chi connectivity index (χ2v) is 4.31. The number of likely N-dealkylation sites (N-methyl/N-ethyl adjacent to an activating group) is 1. The van der Waals surface area contributed by atoms with Crippen LogP contribution in [-0.2, 0) is 9.53 Å². The van der Waals surface area contributed by atoms with E-state index < -0.39 is 6.10 Å². The van der Waals surface area contributed by atoms with E-state index >= 15 is 0 Å². The van der Waals surface area contributed by atoms with Crippen LogP contribution < -0.4 is 12.4 Å². The number of rotatable bonds is 5. The highest BCUT2D eigenvalue weighted by molar-refractivity contribution is 5.86. The molecule has 0 rings (SSSR count). The van der Waals surface area contributed by atoms with Crippen molar-refractivity contribution in [1.29, 1.82) is 0 Å². The van der Waals surface area contributed by atoms with Crippen LogP contribution in [0.25, 0.3) is 0 Å². The molecule has 1 N–H and O–H groups in total. The highest BCUT2D eigenvalue weighted by Crippen LogP contribution is 2.02. The standard InChI is InChI=1S/C10H20NO3.ClH/c1-8(2)10(13)14-7-11(4,5)6-9(3)12;/h9,12H,1,6-7H2,2-5H3;1H/q+1;/p-1. The number of esters is 1. The lowest BCUT2D eigenvalue weighted by atomic mass is 10.3. The van der Waals surface area contributed by atoms with Gasteiger partial charge in [-0.15, -0.1) is 0 Å². The molecular weight excluding hydrogens is 218 g/mol. The number of halogens is 1. The second kappa shape index (κ2) is 6.82. The summed E-state index contributed by atoms with van der Waals surface area (Å²) in [6.45, 7) is 7.59. The number of aliphatic hydroxyl groups is 1. The molecule has 0 saturated heterocycles. The third-order valence-electron chi connectivity index (χ3n) is 1.65. The van der Waals surface area contributed by atoms with E-state index in [1.54, 1.807) is 13.8 Å². The average molecular weight is 238 g/mol. The van der Waals surface area contributed by atoms with Gasteiger partial charge in [-0.3, -0.25) is 4.48 Å². The highest BCUT2D eigenvalue weighted by Gasteiger charge is 2.19. The van der Waals surface area contributed by atoms with Crippen LogP contribution in [0.3, 0.4) is 0 Å². The van der Waals surface area contributed by atoms with Gasteiger partial charge in [-0.2, -0.15) is 0 Å².